The van der Waals surface area contributed by atoms with Crippen molar-refractivity contribution < 1.29 is 9.21 Å². The zero-order valence-electron chi connectivity index (χ0n) is 14.2. The fourth-order valence-electron chi connectivity index (χ4n) is 2.35. The fourth-order valence-corrected chi connectivity index (χ4v) is 4.27. The van der Waals surface area contributed by atoms with Crippen LogP contribution in [0.3, 0.4) is 0 Å². The summed E-state index contributed by atoms with van der Waals surface area (Å²) in [5.41, 5.74) is 0.609. The third-order valence-electron chi connectivity index (χ3n) is 3.62. The van der Waals surface area contributed by atoms with Gasteiger partial charge in [-0.2, -0.15) is 0 Å². The van der Waals surface area contributed by atoms with Crippen LogP contribution in [0.25, 0.3) is 6.08 Å². The predicted molar refractivity (Wildman–Crippen MR) is 117 cm³/mol. The number of hydrogen-bond acceptors (Lipinski definition) is 5. The van der Waals surface area contributed by atoms with Crippen LogP contribution in [0.5, 0.6) is 0 Å². The van der Waals surface area contributed by atoms with Gasteiger partial charge in [-0.25, -0.2) is 4.99 Å². The monoisotopic (exact) mass is 446 g/mol. The number of rotatable bonds is 4. The number of benzene rings is 2. The number of aliphatic imine (C=N–C) groups is 1. The SMILES string of the molecule is O=C1NC(=Nc2ccc(Cl)c(Cl)c2)S/C1=C\c1ccc(Sc2ccccc2)o1. The molecule has 1 N–H and O–H groups in total. The highest BCUT2D eigenvalue weighted by Crippen LogP contribution is 2.33. The van der Waals surface area contributed by atoms with E-state index in [1.165, 1.54) is 23.5 Å². The van der Waals surface area contributed by atoms with Crippen molar-refractivity contribution in [2.75, 3.05) is 0 Å². The molecule has 2 aromatic carbocycles. The first-order valence-electron chi connectivity index (χ1n) is 8.14. The van der Waals surface area contributed by atoms with Crippen LogP contribution in [-0.2, 0) is 4.79 Å². The molecule has 0 bridgehead atoms. The Morgan fingerprint density at radius 1 is 1.04 bits per heavy atom. The molecule has 0 aliphatic carbocycles. The minimum Gasteiger partial charge on any atom is -0.450 e. The maximum absolute atomic E-state index is 12.2. The van der Waals surface area contributed by atoms with Gasteiger partial charge in [0.05, 0.1) is 20.6 Å². The van der Waals surface area contributed by atoms with E-state index in [1.54, 1.807) is 24.3 Å². The van der Waals surface area contributed by atoms with Crippen molar-refractivity contribution in [3.05, 3.63) is 81.4 Å². The Hall–Kier alpha value is -2.12. The van der Waals surface area contributed by atoms with E-state index in [4.69, 9.17) is 27.6 Å². The van der Waals surface area contributed by atoms with E-state index in [2.05, 4.69) is 10.3 Å². The van der Waals surface area contributed by atoms with E-state index >= 15 is 0 Å². The molecule has 0 saturated carbocycles. The van der Waals surface area contributed by atoms with Gasteiger partial charge in [-0.15, -0.1) is 0 Å². The average Bonchev–Trinajstić information content (AvgIpc) is 3.26. The number of nitrogens with one attached hydrogen (secondary N) is 1. The molecule has 1 aromatic heterocycles. The van der Waals surface area contributed by atoms with Crippen LogP contribution < -0.4 is 5.32 Å². The lowest BCUT2D eigenvalue weighted by molar-refractivity contribution is -0.115. The Kier molecular flexibility index (Phi) is 5.82. The largest absolute Gasteiger partial charge is 0.450 e. The van der Waals surface area contributed by atoms with E-state index in [0.717, 1.165) is 9.99 Å². The van der Waals surface area contributed by atoms with Gasteiger partial charge in [-0.1, -0.05) is 53.2 Å². The predicted octanol–water partition coefficient (Wildman–Crippen LogP) is 6.63. The summed E-state index contributed by atoms with van der Waals surface area (Å²) in [6.07, 6.45) is 1.70. The van der Waals surface area contributed by atoms with Crippen LogP contribution in [0.1, 0.15) is 5.76 Å². The van der Waals surface area contributed by atoms with Gasteiger partial charge in [-0.3, -0.25) is 4.79 Å². The molecule has 0 unspecified atom stereocenters. The second-order valence-electron chi connectivity index (χ2n) is 5.65. The summed E-state index contributed by atoms with van der Waals surface area (Å²) in [6, 6.07) is 18.7. The molecule has 4 nitrogen and oxygen atoms in total. The molecule has 8 heteroatoms. The smallest absolute Gasteiger partial charge is 0.264 e. The van der Waals surface area contributed by atoms with Gasteiger partial charge < -0.3 is 9.73 Å². The summed E-state index contributed by atoms with van der Waals surface area (Å²) in [7, 11) is 0. The molecule has 0 atom stereocenters. The maximum Gasteiger partial charge on any atom is 0.264 e. The zero-order valence-corrected chi connectivity index (χ0v) is 17.3. The van der Waals surface area contributed by atoms with Crippen molar-refractivity contribution in [2.45, 2.75) is 9.99 Å². The van der Waals surface area contributed by atoms with Gasteiger partial charge in [0, 0.05) is 11.0 Å². The summed E-state index contributed by atoms with van der Waals surface area (Å²) in [6.45, 7) is 0. The zero-order chi connectivity index (χ0) is 19.5. The summed E-state index contributed by atoms with van der Waals surface area (Å²) in [5, 5.41) is 4.83. The van der Waals surface area contributed by atoms with Gasteiger partial charge in [0.2, 0.25) is 0 Å². The minimum absolute atomic E-state index is 0.225. The number of nitrogens with zero attached hydrogens (tertiary/aromatic N) is 1. The number of halogens is 2. The number of hydrogen-bond donors (Lipinski definition) is 1. The first-order valence-corrected chi connectivity index (χ1v) is 10.5. The van der Waals surface area contributed by atoms with Crippen LogP contribution in [0, 0.1) is 0 Å². The number of furan rings is 1. The lowest BCUT2D eigenvalue weighted by Gasteiger charge is -1.98. The molecular weight excluding hydrogens is 435 g/mol. The number of amides is 1. The fraction of sp³-hybridized carbons (Fsp3) is 0. The topological polar surface area (TPSA) is 54.6 Å². The van der Waals surface area contributed by atoms with E-state index in [-0.39, 0.29) is 5.91 Å². The molecule has 1 aliphatic heterocycles. The molecule has 0 spiro atoms. The molecule has 4 rings (SSSR count). The molecule has 1 fully saturated rings. The van der Waals surface area contributed by atoms with Crippen molar-refractivity contribution in [1.82, 2.24) is 5.32 Å². The Balaban J connectivity index is 1.49. The van der Waals surface area contributed by atoms with E-state index < -0.39 is 0 Å². The highest BCUT2D eigenvalue weighted by molar-refractivity contribution is 8.18. The van der Waals surface area contributed by atoms with Crippen molar-refractivity contribution in [3.8, 4) is 0 Å². The van der Waals surface area contributed by atoms with Crippen molar-refractivity contribution >= 4 is 69.6 Å². The Morgan fingerprint density at radius 2 is 1.86 bits per heavy atom. The lowest BCUT2D eigenvalue weighted by Crippen LogP contribution is -2.19. The highest BCUT2D eigenvalue weighted by atomic mass is 35.5. The minimum atomic E-state index is -0.225. The number of carbonyl (C=O) groups excluding carboxylic acids is 1. The van der Waals surface area contributed by atoms with E-state index in [0.29, 0.717) is 31.6 Å². The molecule has 1 aliphatic rings. The van der Waals surface area contributed by atoms with Gasteiger partial charge >= 0.3 is 0 Å². The van der Waals surface area contributed by atoms with Gasteiger partial charge in [-0.05, 0) is 54.2 Å². The van der Waals surface area contributed by atoms with Gasteiger partial charge in [0.1, 0.15) is 5.76 Å². The standard InChI is InChI=1S/C20H12Cl2N2O2S2/c21-15-8-6-12(10-16(15)22)23-20-24-19(25)17(28-20)11-13-7-9-18(26-13)27-14-4-2-1-3-5-14/h1-11H,(H,23,24,25)/b17-11-. The third kappa shape index (κ3) is 4.64. The Labute approximate surface area is 180 Å². The lowest BCUT2D eigenvalue weighted by atomic mass is 10.3. The third-order valence-corrected chi connectivity index (χ3v) is 6.20. The molecule has 3 aromatic rings. The first-order chi connectivity index (χ1) is 13.6. The van der Waals surface area contributed by atoms with Gasteiger partial charge in [0.15, 0.2) is 10.3 Å². The molecule has 0 radical (unpaired) electrons. The average molecular weight is 447 g/mol. The molecule has 1 amide bonds. The Bertz CT molecular complexity index is 1090. The van der Waals surface area contributed by atoms with Crippen LogP contribution in [0.4, 0.5) is 5.69 Å². The van der Waals surface area contributed by atoms with Crippen molar-refractivity contribution in [2.24, 2.45) is 4.99 Å². The van der Waals surface area contributed by atoms with Crippen LogP contribution in [-0.4, -0.2) is 11.1 Å². The van der Waals surface area contributed by atoms with E-state index in [9.17, 15) is 4.79 Å². The van der Waals surface area contributed by atoms with Gasteiger partial charge in [0.25, 0.3) is 5.91 Å². The molecule has 140 valence electrons. The summed E-state index contributed by atoms with van der Waals surface area (Å²) in [4.78, 5) is 18.2. The second kappa shape index (κ2) is 8.49. The van der Waals surface area contributed by atoms with E-state index in [1.807, 2.05) is 42.5 Å². The summed E-state index contributed by atoms with van der Waals surface area (Å²) in [5.74, 6) is 0.379. The number of carbonyl (C=O) groups is 1. The molecule has 28 heavy (non-hydrogen) atoms. The van der Waals surface area contributed by atoms with Crippen LogP contribution >= 0.6 is 46.7 Å². The van der Waals surface area contributed by atoms with Crippen LogP contribution in [0.15, 0.2) is 85.0 Å². The first kappa shape index (κ1) is 19.2. The maximum atomic E-state index is 12.2. The molecular formula is C20H12Cl2N2O2S2. The summed E-state index contributed by atoms with van der Waals surface area (Å²) >= 11 is 14.7. The molecule has 1 saturated heterocycles. The normalized spacial score (nSPS) is 16.7. The highest BCUT2D eigenvalue weighted by Gasteiger charge is 2.24. The number of amidine groups is 1. The Morgan fingerprint density at radius 3 is 2.64 bits per heavy atom. The second-order valence-corrected chi connectivity index (χ2v) is 8.58. The number of thioether (sulfide) groups is 1. The van der Waals surface area contributed by atoms with Crippen molar-refractivity contribution in [3.63, 3.8) is 0 Å². The van der Waals surface area contributed by atoms with Crippen LogP contribution in [0.2, 0.25) is 10.0 Å². The summed E-state index contributed by atoms with van der Waals surface area (Å²) < 4.78 is 5.80. The quantitative estimate of drug-likeness (QED) is 0.456. The molecule has 2 heterocycles. The van der Waals surface area contributed by atoms with Crippen molar-refractivity contribution in [1.29, 1.82) is 0 Å².